The molecule has 0 unspecified atom stereocenters. The third-order valence-electron chi connectivity index (χ3n) is 1.99. The van der Waals surface area contributed by atoms with E-state index in [2.05, 4.69) is 22.2 Å². The minimum absolute atomic E-state index is 0.261. The molecular formula is C12H23ClN4O2. The van der Waals surface area contributed by atoms with Gasteiger partial charge in [0.05, 0.1) is 0 Å². The topological polar surface area (TPSA) is 66.0 Å². The summed E-state index contributed by atoms with van der Waals surface area (Å²) < 4.78 is 5.11. The van der Waals surface area contributed by atoms with E-state index in [1.165, 1.54) is 0 Å². The quantitative estimate of drug-likeness (QED) is 0.460. The van der Waals surface area contributed by atoms with Crippen molar-refractivity contribution < 1.29 is 9.53 Å². The summed E-state index contributed by atoms with van der Waals surface area (Å²) in [6.45, 7) is 10.2. The molecule has 0 fully saturated rings. The lowest BCUT2D eigenvalue weighted by molar-refractivity contribution is 0.0525. The smallest absolute Gasteiger partial charge is 0.407 e. The zero-order chi connectivity index (χ0) is 15.1. The Kier molecular flexibility index (Phi) is 7.29. The monoisotopic (exact) mass is 290 g/mol. The molecule has 0 saturated carbocycles. The van der Waals surface area contributed by atoms with Crippen molar-refractivity contribution in [1.82, 2.24) is 15.5 Å². The van der Waals surface area contributed by atoms with Crippen LogP contribution in [0.1, 0.15) is 20.8 Å². The predicted molar refractivity (Wildman–Crippen MR) is 78.4 cm³/mol. The summed E-state index contributed by atoms with van der Waals surface area (Å²) >= 11 is 5.72. The Labute approximate surface area is 119 Å². The standard InChI is InChI=1S/C12H23ClN4O2/c1-9(16-10(13)14-5)17(6)8-7-15-11(18)19-12(2,3)4/h1,7-8H2,2-6H3,(H,14,16)(H,15,18). The van der Waals surface area contributed by atoms with E-state index in [4.69, 9.17) is 16.3 Å². The summed E-state index contributed by atoms with van der Waals surface area (Å²) in [6, 6.07) is 0. The van der Waals surface area contributed by atoms with E-state index in [0.29, 0.717) is 18.9 Å². The number of hydrogen-bond acceptors (Lipinski definition) is 4. The lowest BCUT2D eigenvalue weighted by Gasteiger charge is -2.21. The molecule has 7 heteroatoms. The number of carbonyl (C=O) groups is 1. The fraction of sp³-hybridized carbons (Fsp3) is 0.667. The maximum atomic E-state index is 11.4. The van der Waals surface area contributed by atoms with E-state index in [-0.39, 0.29) is 5.29 Å². The second-order valence-electron chi connectivity index (χ2n) is 4.92. The average Bonchev–Trinajstić information content (AvgIpc) is 2.25. The highest BCUT2D eigenvalue weighted by atomic mass is 35.5. The van der Waals surface area contributed by atoms with Gasteiger partial charge in [0.1, 0.15) is 11.4 Å². The largest absolute Gasteiger partial charge is 0.444 e. The summed E-state index contributed by atoms with van der Waals surface area (Å²) in [7, 11) is 3.48. The summed E-state index contributed by atoms with van der Waals surface area (Å²) in [5.41, 5.74) is -0.496. The molecule has 0 aliphatic carbocycles. The molecular weight excluding hydrogens is 268 g/mol. The molecule has 0 aliphatic heterocycles. The Hall–Kier alpha value is -1.43. The Morgan fingerprint density at radius 2 is 2.05 bits per heavy atom. The Balaban J connectivity index is 4.02. The molecule has 110 valence electrons. The van der Waals surface area contributed by atoms with Crippen LogP contribution < -0.4 is 10.6 Å². The summed E-state index contributed by atoms with van der Waals surface area (Å²) in [6.07, 6.45) is -0.441. The number of halogens is 1. The van der Waals surface area contributed by atoms with Crippen molar-refractivity contribution in [3.63, 3.8) is 0 Å². The minimum Gasteiger partial charge on any atom is -0.444 e. The van der Waals surface area contributed by atoms with Gasteiger partial charge in [-0.25, -0.2) is 9.79 Å². The van der Waals surface area contributed by atoms with Crippen LogP contribution in [0.2, 0.25) is 0 Å². The van der Waals surface area contributed by atoms with E-state index in [1.54, 1.807) is 11.9 Å². The van der Waals surface area contributed by atoms with Gasteiger partial charge in [0.2, 0.25) is 0 Å². The van der Waals surface area contributed by atoms with Crippen molar-refractivity contribution in [2.45, 2.75) is 26.4 Å². The van der Waals surface area contributed by atoms with Crippen molar-refractivity contribution in [3.8, 4) is 0 Å². The van der Waals surface area contributed by atoms with Crippen LogP contribution in [-0.2, 0) is 4.74 Å². The predicted octanol–water partition coefficient (Wildman–Crippen LogP) is 1.73. The highest BCUT2D eigenvalue weighted by Gasteiger charge is 2.15. The number of nitrogens with one attached hydrogen (secondary N) is 2. The molecule has 0 rings (SSSR count). The number of carbonyl (C=O) groups excluding carboxylic acids is 1. The third kappa shape index (κ3) is 9.18. The normalized spacial score (nSPS) is 11.8. The molecule has 0 atom stereocenters. The number of ether oxygens (including phenoxy) is 1. The zero-order valence-corrected chi connectivity index (χ0v) is 13.0. The van der Waals surface area contributed by atoms with Crippen molar-refractivity contribution in [2.75, 3.05) is 27.2 Å². The molecule has 0 aromatic rings. The van der Waals surface area contributed by atoms with E-state index in [0.717, 1.165) is 0 Å². The number of rotatable bonds is 5. The van der Waals surface area contributed by atoms with Crippen molar-refractivity contribution >= 4 is 23.0 Å². The molecule has 0 radical (unpaired) electrons. The minimum atomic E-state index is -0.496. The Morgan fingerprint density at radius 3 is 2.53 bits per heavy atom. The van der Waals surface area contributed by atoms with Crippen LogP contribution in [0, 0.1) is 0 Å². The third-order valence-corrected chi connectivity index (χ3v) is 2.26. The second-order valence-corrected chi connectivity index (χ2v) is 5.28. The molecule has 6 nitrogen and oxygen atoms in total. The van der Waals surface area contributed by atoms with Crippen LogP contribution in [0.4, 0.5) is 4.79 Å². The van der Waals surface area contributed by atoms with Crippen molar-refractivity contribution in [1.29, 1.82) is 0 Å². The lowest BCUT2D eigenvalue weighted by Crippen LogP contribution is -2.36. The molecule has 19 heavy (non-hydrogen) atoms. The number of amides is 1. The molecule has 2 N–H and O–H groups in total. The first-order valence-corrected chi connectivity index (χ1v) is 6.32. The average molecular weight is 291 g/mol. The van der Waals surface area contributed by atoms with Crippen LogP contribution >= 0.6 is 11.6 Å². The first-order chi connectivity index (χ1) is 8.65. The molecule has 0 heterocycles. The van der Waals surface area contributed by atoms with Gasteiger partial charge in [0, 0.05) is 27.2 Å². The van der Waals surface area contributed by atoms with Gasteiger partial charge in [-0.1, -0.05) is 6.58 Å². The first kappa shape index (κ1) is 17.6. The number of amidine groups is 1. The molecule has 1 amide bonds. The van der Waals surface area contributed by atoms with Crippen LogP contribution in [0.5, 0.6) is 0 Å². The number of aliphatic imine (C=N–C) groups is 1. The van der Waals surface area contributed by atoms with Crippen LogP contribution in [0.25, 0.3) is 0 Å². The highest BCUT2D eigenvalue weighted by molar-refractivity contribution is 6.64. The van der Waals surface area contributed by atoms with E-state index < -0.39 is 11.7 Å². The zero-order valence-electron chi connectivity index (χ0n) is 12.2. The molecule has 0 aliphatic rings. The van der Waals surface area contributed by atoms with Crippen LogP contribution in [0.15, 0.2) is 17.4 Å². The van der Waals surface area contributed by atoms with Gasteiger partial charge in [0.15, 0.2) is 5.29 Å². The fourth-order valence-corrected chi connectivity index (χ4v) is 1.12. The van der Waals surface area contributed by atoms with E-state index >= 15 is 0 Å². The molecule has 0 aromatic carbocycles. The Bertz CT molecular complexity index is 350. The molecule has 0 bridgehead atoms. The SMILES string of the molecule is C=C(/N=C(/Cl)NC)N(C)CCNC(=O)OC(C)(C)C. The summed E-state index contributed by atoms with van der Waals surface area (Å²) in [5.74, 6) is 0.505. The maximum Gasteiger partial charge on any atom is 0.407 e. The highest BCUT2D eigenvalue weighted by Crippen LogP contribution is 2.06. The van der Waals surface area contributed by atoms with E-state index in [1.807, 2.05) is 27.8 Å². The van der Waals surface area contributed by atoms with Gasteiger partial charge in [-0.05, 0) is 32.4 Å². The molecule has 0 spiro atoms. The number of likely N-dealkylation sites (N-methyl/N-ethyl adjacent to an activating group) is 1. The fourth-order valence-electron chi connectivity index (χ4n) is 1.02. The first-order valence-electron chi connectivity index (χ1n) is 5.94. The van der Waals surface area contributed by atoms with Crippen LogP contribution in [-0.4, -0.2) is 49.1 Å². The van der Waals surface area contributed by atoms with Gasteiger partial charge in [-0.15, -0.1) is 0 Å². The van der Waals surface area contributed by atoms with Gasteiger partial charge in [-0.2, -0.15) is 0 Å². The van der Waals surface area contributed by atoms with Crippen LogP contribution in [0.3, 0.4) is 0 Å². The second kappa shape index (κ2) is 7.89. The summed E-state index contributed by atoms with van der Waals surface area (Å²) in [5, 5.41) is 5.60. The van der Waals surface area contributed by atoms with Crippen molar-refractivity contribution in [2.24, 2.45) is 4.99 Å². The summed E-state index contributed by atoms with van der Waals surface area (Å²) in [4.78, 5) is 17.2. The molecule has 0 aromatic heterocycles. The number of alkyl carbamates (subject to hydrolysis) is 1. The number of nitrogens with zero attached hydrogens (tertiary/aromatic N) is 2. The maximum absolute atomic E-state index is 11.4. The van der Waals surface area contributed by atoms with Gasteiger partial charge in [-0.3, -0.25) is 0 Å². The van der Waals surface area contributed by atoms with Gasteiger partial charge >= 0.3 is 6.09 Å². The van der Waals surface area contributed by atoms with Crippen molar-refractivity contribution in [3.05, 3.63) is 12.4 Å². The van der Waals surface area contributed by atoms with Gasteiger partial charge < -0.3 is 20.3 Å². The lowest BCUT2D eigenvalue weighted by atomic mass is 10.2. The van der Waals surface area contributed by atoms with E-state index in [9.17, 15) is 4.79 Å². The molecule has 0 saturated heterocycles. The number of hydrogen-bond donors (Lipinski definition) is 2. The Morgan fingerprint density at radius 1 is 1.47 bits per heavy atom. The van der Waals surface area contributed by atoms with Gasteiger partial charge in [0.25, 0.3) is 0 Å².